The van der Waals surface area contributed by atoms with Crippen LogP contribution in [-0.4, -0.2) is 6.04 Å². The third-order valence-electron chi connectivity index (χ3n) is 3.33. The monoisotopic (exact) mass is 253 g/mol. The minimum Gasteiger partial charge on any atom is -0.310 e. The fourth-order valence-electron chi connectivity index (χ4n) is 2.31. The van der Waals surface area contributed by atoms with E-state index in [0.717, 1.165) is 6.54 Å². The number of hydrogen-bond donors (Lipinski definition) is 1. The van der Waals surface area contributed by atoms with Gasteiger partial charge in [0.2, 0.25) is 0 Å². The van der Waals surface area contributed by atoms with Gasteiger partial charge in [-0.1, -0.05) is 55.8 Å². The smallest absolute Gasteiger partial charge is 0.0208 e. The Morgan fingerprint density at radius 2 is 1.79 bits per heavy atom. The Morgan fingerprint density at radius 1 is 1.00 bits per heavy atom. The first-order valence-corrected chi connectivity index (χ1v) is 6.96. The summed E-state index contributed by atoms with van der Waals surface area (Å²) in [5.74, 6) is 0. The Bertz CT molecular complexity index is 555. The van der Waals surface area contributed by atoms with Crippen molar-refractivity contribution in [3.8, 4) is 11.1 Å². The van der Waals surface area contributed by atoms with Crippen LogP contribution in [0.5, 0.6) is 0 Å². The Morgan fingerprint density at radius 3 is 2.47 bits per heavy atom. The van der Waals surface area contributed by atoms with Crippen molar-refractivity contribution in [1.29, 1.82) is 0 Å². The molecule has 0 aromatic heterocycles. The zero-order valence-corrected chi connectivity index (χ0v) is 12.3. The van der Waals surface area contributed by atoms with Crippen molar-refractivity contribution < 1.29 is 0 Å². The molecule has 2 aromatic carbocycles. The van der Waals surface area contributed by atoms with E-state index in [-0.39, 0.29) is 0 Å². The molecule has 19 heavy (non-hydrogen) atoms. The summed E-state index contributed by atoms with van der Waals surface area (Å²) in [7, 11) is 0. The van der Waals surface area contributed by atoms with E-state index in [0.29, 0.717) is 6.04 Å². The predicted octanol–water partition coefficient (Wildman–Crippen LogP) is 4.47. The Hall–Kier alpha value is -1.60. The zero-order chi connectivity index (χ0) is 13.8. The van der Waals surface area contributed by atoms with Gasteiger partial charge in [0.25, 0.3) is 0 Å². The van der Waals surface area contributed by atoms with Crippen LogP contribution in [0.1, 0.15) is 30.5 Å². The highest BCUT2D eigenvalue weighted by Gasteiger charge is 2.03. The van der Waals surface area contributed by atoms with Crippen LogP contribution in [0.25, 0.3) is 11.1 Å². The van der Waals surface area contributed by atoms with Crippen molar-refractivity contribution in [2.45, 2.75) is 40.3 Å². The van der Waals surface area contributed by atoms with E-state index in [9.17, 15) is 0 Å². The molecule has 1 heteroatoms. The lowest BCUT2D eigenvalue weighted by Crippen LogP contribution is -2.21. The summed E-state index contributed by atoms with van der Waals surface area (Å²) in [4.78, 5) is 0. The minimum absolute atomic E-state index is 0.518. The Balaban J connectivity index is 2.27. The summed E-state index contributed by atoms with van der Waals surface area (Å²) in [6, 6.07) is 16.0. The SMILES string of the molecule is Cc1ccc(-c2cccc(CNC(C)C)c2)c(C)c1. The lowest BCUT2D eigenvalue weighted by molar-refractivity contribution is 0.589. The lowest BCUT2D eigenvalue weighted by atomic mass is 9.97. The summed E-state index contributed by atoms with van der Waals surface area (Å²) >= 11 is 0. The summed E-state index contributed by atoms with van der Waals surface area (Å²) < 4.78 is 0. The number of aryl methyl sites for hydroxylation is 2. The minimum atomic E-state index is 0.518. The molecule has 0 aliphatic carbocycles. The van der Waals surface area contributed by atoms with Crippen LogP contribution >= 0.6 is 0 Å². The Kier molecular flexibility index (Phi) is 4.39. The molecule has 0 amide bonds. The second-order valence-corrected chi connectivity index (χ2v) is 5.55. The van der Waals surface area contributed by atoms with Crippen molar-refractivity contribution >= 4 is 0 Å². The summed E-state index contributed by atoms with van der Waals surface area (Å²) in [6.07, 6.45) is 0. The topological polar surface area (TPSA) is 12.0 Å². The third-order valence-corrected chi connectivity index (χ3v) is 3.33. The molecule has 0 bridgehead atoms. The molecule has 100 valence electrons. The molecule has 0 saturated heterocycles. The number of rotatable bonds is 4. The lowest BCUT2D eigenvalue weighted by Gasteiger charge is -2.11. The summed E-state index contributed by atoms with van der Waals surface area (Å²) in [5, 5.41) is 3.46. The van der Waals surface area contributed by atoms with Gasteiger partial charge in [-0.2, -0.15) is 0 Å². The van der Waals surface area contributed by atoms with Gasteiger partial charge in [0, 0.05) is 12.6 Å². The molecule has 0 spiro atoms. The van der Waals surface area contributed by atoms with Crippen LogP contribution in [0.3, 0.4) is 0 Å². The fourth-order valence-corrected chi connectivity index (χ4v) is 2.31. The van der Waals surface area contributed by atoms with Gasteiger partial charge < -0.3 is 5.32 Å². The molecule has 1 N–H and O–H groups in total. The van der Waals surface area contributed by atoms with Crippen molar-refractivity contribution in [2.75, 3.05) is 0 Å². The van der Waals surface area contributed by atoms with Crippen LogP contribution in [0.15, 0.2) is 42.5 Å². The summed E-state index contributed by atoms with van der Waals surface area (Å²) in [6.45, 7) is 9.60. The van der Waals surface area contributed by atoms with Crippen molar-refractivity contribution in [3.63, 3.8) is 0 Å². The van der Waals surface area contributed by atoms with E-state index in [1.807, 2.05) is 0 Å². The first kappa shape index (κ1) is 13.8. The molecule has 2 rings (SSSR count). The van der Waals surface area contributed by atoms with Gasteiger partial charge in [-0.15, -0.1) is 0 Å². The molecule has 0 fully saturated rings. The van der Waals surface area contributed by atoms with Crippen LogP contribution in [0, 0.1) is 13.8 Å². The molecular weight excluding hydrogens is 230 g/mol. The van der Waals surface area contributed by atoms with Gasteiger partial charge in [-0.3, -0.25) is 0 Å². The number of benzene rings is 2. The maximum absolute atomic E-state index is 3.46. The van der Waals surface area contributed by atoms with Crippen molar-refractivity contribution in [3.05, 3.63) is 59.2 Å². The van der Waals surface area contributed by atoms with Gasteiger partial charge in [0.05, 0.1) is 0 Å². The summed E-state index contributed by atoms with van der Waals surface area (Å²) in [5.41, 5.74) is 6.64. The van der Waals surface area contributed by atoms with E-state index in [1.165, 1.54) is 27.8 Å². The highest BCUT2D eigenvalue weighted by Crippen LogP contribution is 2.25. The van der Waals surface area contributed by atoms with Crippen LogP contribution in [0.2, 0.25) is 0 Å². The maximum Gasteiger partial charge on any atom is 0.0208 e. The normalized spacial score (nSPS) is 11.0. The van der Waals surface area contributed by atoms with E-state index in [4.69, 9.17) is 0 Å². The number of hydrogen-bond acceptors (Lipinski definition) is 1. The molecule has 0 aliphatic rings. The van der Waals surface area contributed by atoms with E-state index >= 15 is 0 Å². The molecule has 0 radical (unpaired) electrons. The van der Waals surface area contributed by atoms with Gasteiger partial charge in [-0.25, -0.2) is 0 Å². The molecule has 0 unspecified atom stereocenters. The van der Waals surface area contributed by atoms with Gasteiger partial charge in [0.1, 0.15) is 0 Å². The average molecular weight is 253 g/mol. The number of nitrogens with one attached hydrogen (secondary N) is 1. The van der Waals surface area contributed by atoms with Crippen LogP contribution < -0.4 is 5.32 Å². The van der Waals surface area contributed by atoms with E-state index in [1.54, 1.807) is 0 Å². The van der Waals surface area contributed by atoms with Crippen LogP contribution in [-0.2, 0) is 6.54 Å². The van der Waals surface area contributed by atoms with Crippen molar-refractivity contribution in [2.24, 2.45) is 0 Å². The van der Waals surface area contributed by atoms with Gasteiger partial charge in [-0.05, 0) is 42.2 Å². The molecule has 0 saturated carbocycles. The fraction of sp³-hybridized carbons (Fsp3) is 0.333. The first-order chi connectivity index (χ1) is 9.06. The quantitative estimate of drug-likeness (QED) is 0.847. The average Bonchev–Trinajstić information content (AvgIpc) is 2.36. The standard InChI is InChI=1S/C18H23N/c1-13(2)19-12-16-6-5-7-17(11-16)18-9-8-14(3)10-15(18)4/h5-11,13,19H,12H2,1-4H3. The van der Waals surface area contributed by atoms with E-state index in [2.05, 4.69) is 75.5 Å². The zero-order valence-electron chi connectivity index (χ0n) is 12.3. The van der Waals surface area contributed by atoms with Gasteiger partial charge in [0.15, 0.2) is 0 Å². The Labute approximate surface area is 116 Å². The highest BCUT2D eigenvalue weighted by atomic mass is 14.9. The molecule has 2 aromatic rings. The second kappa shape index (κ2) is 6.03. The van der Waals surface area contributed by atoms with Crippen molar-refractivity contribution in [1.82, 2.24) is 5.32 Å². The third kappa shape index (κ3) is 3.68. The van der Waals surface area contributed by atoms with E-state index < -0.39 is 0 Å². The molecule has 0 atom stereocenters. The largest absolute Gasteiger partial charge is 0.310 e. The molecule has 1 nitrogen and oxygen atoms in total. The first-order valence-electron chi connectivity index (χ1n) is 6.96. The molecular formula is C18H23N. The van der Waals surface area contributed by atoms with Crippen LogP contribution in [0.4, 0.5) is 0 Å². The maximum atomic E-state index is 3.46. The molecule has 0 aliphatic heterocycles. The highest BCUT2D eigenvalue weighted by molar-refractivity contribution is 5.68. The molecule has 0 heterocycles. The van der Waals surface area contributed by atoms with Gasteiger partial charge >= 0.3 is 0 Å². The second-order valence-electron chi connectivity index (χ2n) is 5.55. The predicted molar refractivity (Wildman–Crippen MR) is 83.3 cm³/mol.